The second-order valence-corrected chi connectivity index (χ2v) is 7.88. The van der Waals surface area contributed by atoms with E-state index in [9.17, 15) is 8.78 Å². The van der Waals surface area contributed by atoms with Gasteiger partial charge in [0, 0.05) is 21.9 Å². The van der Waals surface area contributed by atoms with Crippen molar-refractivity contribution >= 4 is 27.7 Å². The zero-order chi connectivity index (χ0) is 19.5. The van der Waals surface area contributed by atoms with E-state index in [1.807, 2.05) is 54.6 Å². The van der Waals surface area contributed by atoms with E-state index < -0.39 is 11.6 Å². The lowest BCUT2D eigenvalue weighted by atomic mass is 10.2. The molecule has 140 valence electrons. The van der Waals surface area contributed by atoms with Crippen molar-refractivity contribution in [2.75, 3.05) is 0 Å². The standard InChI is InChI=1S/C21H14BrF2N3S/c22-16-8-4-5-14(11-16)13-28-21-26-25-20(15-6-2-1-3-7-15)27(21)19-10-9-17(23)12-18(19)24/h1-12H,13H2. The number of nitrogens with zero attached hydrogens (tertiary/aromatic N) is 3. The van der Waals surface area contributed by atoms with E-state index in [4.69, 9.17) is 0 Å². The number of hydrogen-bond donors (Lipinski definition) is 0. The maximum Gasteiger partial charge on any atom is 0.196 e. The molecule has 4 rings (SSSR count). The van der Waals surface area contributed by atoms with Crippen molar-refractivity contribution in [1.82, 2.24) is 14.8 Å². The average molecular weight is 458 g/mol. The Labute approximate surface area is 173 Å². The molecule has 0 saturated heterocycles. The van der Waals surface area contributed by atoms with E-state index in [1.165, 1.54) is 23.9 Å². The molecule has 0 bridgehead atoms. The summed E-state index contributed by atoms with van der Waals surface area (Å²) >= 11 is 4.90. The molecule has 3 aromatic carbocycles. The molecule has 4 aromatic rings. The summed E-state index contributed by atoms with van der Waals surface area (Å²) < 4.78 is 30.6. The van der Waals surface area contributed by atoms with Gasteiger partial charge in [0.2, 0.25) is 0 Å². The van der Waals surface area contributed by atoms with Crippen LogP contribution in [0.15, 0.2) is 82.4 Å². The Balaban J connectivity index is 1.77. The minimum absolute atomic E-state index is 0.210. The van der Waals surface area contributed by atoms with Crippen LogP contribution >= 0.6 is 27.7 Å². The van der Waals surface area contributed by atoms with Crippen LogP contribution in [0.3, 0.4) is 0 Å². The molecule has 28 heavy (non-hydrogen) atoms. The van der Waals surface area contributed by atoms with Gasteiger partial charge in [-0.1, -0.05) is 70.2 Å². The van der Waals surface area contributed by atoms with Crippen molar-refractivity contribution in [3.63, 3.8) is 0 Å². The van der Waals surface area contributed by atoms with Gasteiger partial charge >= 0.3 is 0 Å². The maximum atomic E-state index is 14.6. The van der Waals surface area contributed by atoms with Crippen LogP contribution in [0.4, 0.5) is 8.78 Å². The van der Waals surface area contributed by atoms with Gasteiger partial charge in [-0.3, -0.25) is 4.57 Å². The minimum Gasteiger partial charge on any atom is -0.267 e. The summed E-state index contributed by atoms with van der Waals surface area (Å²) in [5, 5.41) is 9.08. The minimum atomic E-state index is -0.665. The Kier molecular flexibility index (Phi) is 5.54. The zero-order valence-electron chi connectivity index (χ0n) is 14.5. The SMILES string of the molecule is Fc1ccc(-n2c(SCc3cccc(Br)c3)nnc2-c2ccccc2)c(F)c1. The van der Waals surface area contributed by atoms with Crippen molar-refractivity contribution in [2.45, 2.75) is 10.9 Å². The van der Waals surface area contributed by atoms with Gasteiger partial charge in [0.05, 0.1) is 5.69 Å². The molecule has 1 aromatic heterocycles. The number of hydrogen-bond acceptors (Lipinski definition) is 3. The van der Waals surface area contributed by atoms with Gasteiger partial charge in [0.1, 0.15) is 11.6 Å². The first-order valence-corrected chi connectivity index (χ1v) is 10.2. The van der Waals surface area contributed by atoms with Gasteiger partial charge in [-0.2, -0.15) is 0 Å². The molecule has 1 heterocycles. The number of aromatic nitrogens is 3. The highest BCUT2D eigenvalue weighted by Gasteiger charge is 2.19. The summed E-state index contributed by atoms with van der Waals surface area (Å²) in [6.45, 7) is 0. The van der Waals surface area contributed by atoms with Crippen LogP contribution in [0.1, 0.15) is 5.56 Å². The first-order valence-electron chi connectivity index (χ1n) is 8.45. The molecule has 0 amide bonds. The first-order chi connectivity index (χ1) is 13.6. The fraction of sp³-hybridized carbons (Fsp3) is 0.0476. The summed E-state index contributed by atoms with van der Waals surface area (Å²) in [5.41, 5.74) is 2.10. The second-order valence-electron chi connectivity index (χ2n) is 6.02. The van der Waals surface area contributed by atoms with E-state index in [0.29, 0.717) is 16.7 Å². The molecule has 0 atom stereocenters. The zero-order valence-corrected chi connectivity index (χ0v) is 16.9. The maximum absolute atomic E-state index is 14.6. The lowest BCUT2D eigenvalue weighted by Gasteiger charge is -2.11. The monoisotopic (exact) mass is 457 g/mol. The molecule has 0 saturated carbocycles. The lowest BCUT2D eigenvalue weighted by molar-refractivity contribution is 0.575. The van der Waals surface area contributed by atoms with Crippen LogP contribution in [-0.4, -0.2) is 14.8 Å². The van der Waals surface area contributed by atoms with Gasteiger partial charge in [0.15, 0.2) is 11.0 Å². The van der Waals surface area contributed by atoms with Crippen molar-refractivity contribution < 1.29 is 8.78 Å². The fourth-order valence-corrected chi connectivity index (χ4v) is 4.13. The van der Waals surface area contributed by atoms with Crippen molar-refractivity contribution in [1.29, 1.82) is 0 Å². The summed E-state index contributed by atoms with van der Waals surface area (Å²) in [4.78, 5) is 0. The topological polar surface area (TPSA) is 30.7 Å². The molecule has 0 spiro atoms. The van der Waals surface area contributed by atoms with Crippen molar-refractivity contribution in [3.8, 4) is 17.1 Å². The molecule has 3 nitrogen and oxygen atoms in total. The summed E-state index contributed by atoms with van der Waals surface area (Å²) in [6.07, 6.45) is 0. The summed E-state index contributed by atoms with van der Waals surface area (Å²) in [6, 6.07) is 20.9. The quantitative estimate of drug-likeness (QED) is 0.331. The van der Waals surface area contributed by atoms with E-state index in [0.717, 1.165) is 21.7 Å². The lowest BCUT2D eigenvalue weighted by Crippen LogP contribution is -2.03. The third-order valence-electron chi connectivity index (χ3n) is 4.07. The molecule has 0 N–H and O–H groups in total. The highest BCUT2D eigenvalue weighted by Crippen LogP contribution is 2.31. The van der Waals surface area contributed by atoms with Gasteiger partial charge in [-0.15, -0.1) is 10.2 Å². The van der Waals surface area contributed by atoms with Gasteiger partial charge in [0.25, 0.3) is 0 Å². The van der Waals surface area contributed by atoms with Crippen LogP contribution < -0.4 is 0 Å². The predicted octanol–water partition coefficient (Wildman–Crippen LogP) is 6.27. The highest BCUT2D eigenvalue weighted by atomic mass is 79.9. The number of benzene rings is 3. The fourth-order valence-electron chi connectivity index (χ4n) is 2.79. The Morgan fingerprint density at radius 3 is 2.46 bits per heavy atom. The van der Waals surface area contributed by atoms with E-state index >= 15 is 0 Å². The smallest absolute Gasteiger partial charge is 0.196 e. The molecule has 0 unspecified atom stereocenters. The number of thioether (sulfide) groups is 1. The van der Waals surface area contributed by atoms with Crippen LogP contribution in [0, 0.1) is 11.6 Å². The van der Waals surface area contributed by atoms with E-state index in [-0.39, 0.29) is 5.69 Å². The number of rotatable bonds is 5. The molecular formula is C21H14BrF2N3S. The molecule has 0 aliphatic heterocycles. The summed E-state index contributed by atoms with van der Waals surface area (Å²) in [7, 11) is 0. The number of halogens is 3. The van der Waals surface area contributed by atoms with Crippen LogP contribution in [0.5, 0.6) is 0 Å². The van der Waals surface area contributed by atoms with Gasteiger partial charge < -0.3 is 0 Å². The Hall–Kier alpha value is -2.51. The van der Waals surface area contributed by atoms with E-state index in [1.54, 1.807) is 4.57 Å². The third-order valence-corrected chi connectivity index (χ3v) is 5.57. The molecule has 0 radical (unpaired) electrons. The largest absolute Gasteiger partial charge is 0.267 e. The third kappa shape index (κ3) is 4.00. The molecule has 0 fully saturated rings. The predicted molar refractivity (Wildman–Crippen MR) is 110 cm³/mol. The average Bonchev–Trinajstić information content (AvgIpc) is 3.11. The summed E-state index contributed by atoms with van der Waals surface area (Å²) in [5.74, 6) is -0.155. The van der Waals surface area contributed by atoms with E-state index in [2.05, 4.69) is 26.1 Å². The highest BCUT2D eigenvalue weighted by molar-refractivity contribution is 9.10. The molecule has 0 aliphatic carbocycles. The normalized spacial score (nSPS) is 11.0. The first kappa shape index (κ1) is 18.8. The Morgan fingerprint density at radius 2 is 1.71 bits per heavy atom. The van der Waals surface area contributed by atoms with Gasteiger partial charge in [-0.25, -0.2) is 8.78 Å². The van der Waals surface area contributed by atoms with Crippen LogP contribution in [-0.2, 0) is 5.75 Å². The van der Waals surface area contributed by atoms with Crippen LogP contribution in [0.25, 0.3) is 17.1 Å². The molecular weight excluding hydrogens is 444 g/mol. The Bertz CT molecular complexity index is 1120. The van der Waals surface area contributed by atoms with Crippen molar-refractivity contribution in [2.24, 2.45) is 0 Å². The van der Waals surface area contributed by atoms with Crippen LogP contribution in [0.2, 0.25) is 0 Å². The van der Waals surface area contributed by atoms with Gasteiger partial charge in [-0.05, 0) is 29.8 Å². The second kappa shape index (κ2) is 8.24. The molecule has 0 aliphatic rings. The Morgan fingerprint density at radius 1 is 0.893 bits per heavy atom. The van der Waals surface area contributed by atoms with Crippen molar-refractivity contribution in [3.05, 3.63) is 94.5 Å². The molecule has 7 heteroatoms.